The van der Waals surface area contributed by atoms with Gasteiger partial charge in [0.15, 0.2) is 0 Å². The summed E-state index contributed by atoms with van der Waals surface area (Å²) in [6, 6.07) is 3.99. The predicted molar refractivity (Wildman–Crippen MR) is 187 cm³/mol. The minimum absolute atomic E-state index is 0.105. The van der Waals surface area contributed by atoms with Gasteiger partial charge in [-0.05, 0) is 61.5 Å². The second-order valence-electron chi connectivity index (χ2n) is 15.6. The van der Waals surface area contributed by atoms with Crippen LogP contribution in [0.4, 0.5) is 10.6 Å². The van der Waals surface area contributed by atoms with E-state index in [0.717, 1.165) is 58.5 Å². The first-order chi connectivity index (χ1) is 23.9. The van der Waals surface area contributed by atoms with Crippen LogP contribution in [0.1, 0.15) is 59.3 Å². The van der Waals surface area contributed by atoms with Crippen LogP contribution in [0.5, 0.6) is 11.5 Å². The normalized spacial score (nSPS) is 27.0. The second-order valence-corrected chi connectivity index (χ2v) is 16.0. The highest BCUT2D eigenvalue weighted by Crippen LogP contribution is 2.52. The zero-order chi connectivity index (χ0) is 35.2. The molecular formula is C36H49ClN6O7. The van der Waals surface area contributed by atoms with Crippen molar-refractivity contribution in [3.05, 3.63) is 23.2 Å². The number of amides is 3. The molecule has 5 aliphatic rings. The van der Waals surface area contributed by atoms with Crippen molar-refractivity contribution in [3.63, 3.8) is 0 Å². The number of fused-ring (bicyclic) bond motifs is 2. The zero-order valence-electron chi connectivity index (χ0n) is 29.1. The number of pyridine rings is 1. The first-order valence-corrected chi connectivity index (χ1v) is 18.4. The fourth-order valence-electron chi connectivity index (χ4n) is 7.49. The largest absolute Gasteiger partial charge is 0.491 e. The van der Waals surface area contributed by atoms with E-state index in [9.17, 15) is 14.4 Å². The number of nitrogens with zero attached hydrogens (tertiary/aromatic N) is 3. The van der Waals surface area contributed by atoms with Crippen LogP contribution in [0.2, 0.25) is 5.02 Å². The standard InChI is InChI=1S/C36H49ClN6O7/c1-36(2,3)32(41-35(46)50-23-15-20-14-21(20)16-23)34(45)43-19-24(17-26(43)33(38)44)49-28-18-29(39-22-4-5-22)40-31-25(28)6-7-27(30(31)37)48-13-10-42-8-11-47-12-9-42/h6-7,18,20-24,26,32H,4-5,8-17,19H2,1-3H3,(H2,38,44)(H,39,40)(H,41,46)/t20-,21+,23+,24?,26-,32+/m0/s1. The lowest BCUT2D eigenvalue weighted by molar-refractivity contribution is -0.141. The average Bonchev–Trinajstić information content (AvgIpc) is 3.95. The molecule has 0 bridgehead atoms. The summed E-state index contributed by atoms with van der Waals surface area (Å²) in [5.74, 6) is 1.94. The van der Waals surface area contributed by atoms with E-state index in [2.05, 4.69) is 15.5 Å². The maximum absolute atomic E-state index is 14.1. The van der Waals surface area contributed by atoms with Crippen LogP contribution in [0, 0.1) is 17.3 Å². The van der Waals surface area contributed by atoms with Gasteiger partial charge in [-0.2, -0.15) is 0 Å². The van der Waals surface area contributed by atoms with Crippen molar-refractivity contribution in [1.29, 1.82) is 0 Å². The molecule has 2 aliphatic heterocycles. The summed E-state index contributed by atoms with van der Waals surface area (Å²) in [7, 11) is 0. The number of anilines is 1. The van der Waals surface area contributed by atoms with Crippen LogP contribution < -0.4 is 25.8 Å². The number of nitrogens with one attached hydrogen (secondary N) is 2. The Kier molecular flexibility index (Phi) is 9.92. The van der Waals surface area contributed by atoms with E-state index in [1.165, 1.54) is 11.3 Å². The third-order valence-electron chi connectivity index (χ3n) is 10.6. The predicted octanol–water partition coefficient (Wildman–Crippen LogP) is 3.95. The third-order valence-corrected chi connectivity index (χ3v) is 10.9. The number of alkyl carbamates (subject to hydrolysis) is 1. The number of nitrogens with two attached hydrogens (primary N) is 1. The number of benzene rings is 1. The maximum Gasteiger partial charge on any atom is 0.408 e. The van der Waals surface area contributed by atoms with Crippen molar-refractivity contribution in [3.8, 4) is 11.5 Å². The lowest BCUT2D eigenvalue weighted by Gasteiger charge is -2.35. The van der Waals surface area contributed by atoms with Crippen LogP contribution in [0.25, 0.3) is 10.9 Å². The lowest BCUT2D eigenvalue weighted by atomic mass is 9.85. The molecular weight excluding hydrogens is 664 g/mol. The molecule has 1 aromatic carbocycles. The minimum Gasteiger partial charge on any atom is -0.491 e. The number of rotatable bonds is 12. The molecule has 13 nitrogen and oxygen atoms in total. The van der Waals surface area contributed by atoms with Crippen LogP contribution >= 0.6 is 11.6 Å². The average molecular weight is 713 g/mol. The summed E-state index contributed by atoms with van der Waals surface area (Å²) in [5.41, 5.74) is 5.72. The summed E-state index contributed by atoms with van der Waals surface area (Å²) in [6.07, 6.45) is 3.94. The highest BCUT2D eigenvalue weighted by Gasteiger charge is 2.48. The molecule has 50 heavy (non-hydrogen) atoms. The Bertz CT molecular complexity index is 1600. The smallest absolute Gasteiger partial charge is 0.408 e. The van der Waals surface area contributed by atoms with E-state index in [4.69, 9.17) is 41.3 Å². The Hall–Kier alpha value is -3.55. The number of hydrogen-bond acceptors (Lipinski definition) is 10. The number of morpholine rings is 1. The van der Waals surface area contributed by atoms with Crippen LogP contribution in [-0.4, -0.2) is 109 Å². The Morgan fingerprint density at radius 2 is 1.80 bits per heavy atom. The summed E-state index contributed by atoms with van der Waals surface area (Å²) in [5, 5.41) is 7.32. The van der Waals surface area contributed by atoms with Gasteiger partial charge >= 0.3 is 6.09 Å². The first-order valence-electron chi connectivity index (χ1n) is 18.0. The van der Waals surface area contributed by atoms with Gasteiger partial charge in [0.05, 0.1) is 25.3 Å². The number of ether oxygens (including phenoxy) is 4. The second kappa shape index (κ2) is 14.2. The van der Waals surface area contributed by atoms with Gasteiger partial charge in [0.2, 0.25) is 11.8 Å². The van der Waals surface area contributed by atoms with E-state index in [1.54, 1.807) is 0 Å². The number of primary amides is 1. The molecule has 3 amide bonds. The topological polar surface area (TPSA) is 158 Å². The summed E-state index contributed by atoms with van der Waals surface area (Å²) in [6.45, 7) is 10.1. The van der Waals surface area contributed by atoms with Crippen molar-refractivity contribution in [2.45, 2.75) is 89.6 Å². The summed E-state index contributed by atoms with van der Waals surface area (Å²) in [4.78, 5) is 48.4. The minimum atomic E-state index is -0.942. The lowest BCUT2D eigenvalue weighted by Crippen LogP contribution is -2.57. The number of carbonyl (C=O) groups is 3. The number of hydrogen-bond donors (Lipinski definition) is 3. The highest BCUT2D eigenvalue weighted by atomic mass is 35.5. The molecule has 2 saturated heterocycles. The molecule has 0 spiro atoms. The van der Waals surface area contributed by atoms with E-state index in [-0.39, 0.29) is 19.1 Å². The van der Waals surface area contributed by atoms with Gasteiger partial charge in [0, 0.05) is 43.5 Å². The van der Waals surface area contributed by atoms with Gasteiger partial charge in [0.25, 0.3) is 0 Å². The van der Waals surface area contributed by atoms with Crippen molar-refractivity contribution >= 4 is 46.2 Å². The summed E-state index contributed by atoms with van der Waals surface area (Å²) < 4.78 is 23.8. The van der Waals surface area contributed by atoms with Gasteiger partial charge in [0.1, 0.15) is 53.2 Å². The Balaban J connectivity index is 1.07. The molecule has 1 unspecified atom stereocenters. The van der Waals surface area contributed by atoms with E-state index >= 15 is 0 Å². The maximum atomic E-state index is 14.1. The molecule has 3 saturated carbocycles. The van der Waals surface area contributed by atoms with E-state index in [0.29, 0.717) is 57.7 Å². The highest BCUT2D eigenvalue weighted by molar-refractivity contribution is 6.36. The first kappa shape index (κ1) is 34.9. The molecule has 3 heterocycles. The molecule has 0 radical (unpaired) electrons. The van der Waals surface area contributed by atoms with Crippen molar-refractivity contribution in [1.82, 2.24) is 20.1 Å². The number of halogens is 1. The zero-order valence-corrected chi connectivity index (χ0v) is 29.9. The quantitative estimate of drug-likeness (QED) is 0.295. The van der Waals surface area contributed by atoms with Crippen LogP contribution in [0.15, 0.2) is 18.2 Å². The molecule has 7 rings (SSSR count). The van der Waals surface area contributed by atoms with Gasteiger partial charge in [-0.25, -0.2) is 9.78 Å². The molecule has 14 heteroatoms. The third kappa shape index (κ3) is 8.00. The molecule has 5 fully saturated rings. The molecule has 4 N–H and O–H groups in total. The van der Waals surface area contributed by atoms with Crippen molar-refractivity contribution in [2.75, 3.05) is 51.3 Å². The number of aromatic nitrogens is 1. The Morgan fingerprint density at radius 3 is 2.48 bits per heavy atom. The fourth-order valence-corrected chi connectivity index (χ4v) is 7.75. The Labute approximate surface area is 297 Å². The van der Waals surface area contributed by atoms with Gasteiger partial charge in [-0.15, -0.1) is 0 Å². The van der Waals surface area contributed by atoms with E-state index < -0.39 is 41.5 Å². The van der Waals surface area contributed by atoms with Crippen molar-refractivity contribution < 1.29 is 33.3 Å². The van der Waals surface area contributed by atoms with E-state index in [1.807, 2.05) is 39.0 Å². The van der Waals surface area contributed by atoms with Gasteiger partial charge < -0.3 is 40.2 Å². The van der Waals surface area contributed by atoms with Crippen molar-refractivity contribution in [2.24, 2.45) is 23.0 Å². The molecule has 2 aromatic rings. The summed E-state index contributed by atoms with van der Waals surface area (Å²) >= 11 is 6.92. The molecule has 3 aliphatic carbocycles. The fraction of sp³-hybridized carbons (Fsp3) is 0.667. The Morgan fingerprint density at radius 1 is 1.06 bits per heavy atom. The number of likely N-dealkylation sites (tertiary alicyclic amines) is 1. The molecule has 6 atom stereocenters. The van der Waals surface area contributed by atoms with Gasteiger partial charge in [-0.1, -0.05) is 32.4 Å². The number of carbonyl (C=O) groups excluding carboxylic acids is 3. The monoisotopic (exact) mass is 712 g/mol. The molecule has 1 aromatic heterocycles. The van der Waals surface area contributed by atoms with Crippen LogP contribution in [-0.2, 0) is 19.1 Å². The van der Waals surface area contributed by atoms with Gasteiger partial charge in [-0.3, -0.25) is 14.5 Å². The van der Waals surface area contributed by atoms with Crippen LogP contribution in [0.3, 0.4) is 0 Å². The SMILES string of the molecule is CC(C)(C)[C@H](NC(=O)O[C@@H]1C[C@@H]2C[C@@H]2C1)C(=O)N1CC(Oc2cc(NC3CC3)nc3c(Cl)c(OCCN4CCOCC4)ccc23)C[C@H]1C(N)=O. The molecule has 272 valence electrons.